The van der Waals surface area contributed by atoms with Crippen LogP contribution >= 0.6 is 22.9 Å². The van der Waals surface area contributed by atoms with E-state index in [0.29, 0.717) is 31.2 Å². The Kier molecular flexibility index (Phi) is 7.10. The van der Waals surface area contributed by atoms with Crippen LogP contribution in [-0.4, -0.2) is 29.7 Å². The first-order chi connectivity index (χ1) is 17.7. The van der Waals surface area contributed by atoms with Gasteiger partial charge in [0, 0.05) is 23.8 Å². The number of halogens is 1. The Hall–Kier alpha value is -3.16. The summed E-state index contributed by atoms with van der Waals surface area (Å²) in [6, 6.07) is 12.9. The molecule has 6 nitrogen and oxygen atoms in total. The van der Waals surface area contributed by atoms with Crippen molar-refractivity contribution in [1.29, 1.82) is 0 Å². The van der Waals surface area contributed by atoms with Gasteiger partial charge in [-0.1, -0.05) is 47.2 Å². The summed E-state index contributed by atoms with van der Waals surface area (Å²) in [6.07, 6.45) is 4.04. The first-order valence-electron chi connectivity index (χ1n) is 12.6. The van der Waals surface area contributed by atoms with Crippen LogP contribution in [-0.2, 0) is 9.53 Å². The van der Waals surface area contributed by atoms with Crippen molar-refractivity contribution in [3.63, 3.8) is 0 Å². The molecule has 0 bridgehead atoms. The van der Waals surface area contributed by atoms with E-state index in [0.717, 1.165) is 18.7 Å². The molecule has 1 aromatic heterocycles. The molecule has 5 rings (SSSR count). The van der Waals surface area contributed by atoms with E-state index < -0.39 is 12.0 Å². The van der Waals surface area contributed by atoms with Crippen LogP contribution in [0.3, 0.4) is 0 Å². The van der Waals surface area contributed by atoms with Crippen LogP contribution in [0, 0.1) is 6.92 Å². The average molecular weight is 536 g/mol. The number of benzene rings is 2. The maximum atomic E-state index is 13.8. The van der Waals surface area contributed by atoms with Crippen molar-refractivity contribution in [1.82, 2.24) is 4.57 Å². The van der Waals surface area contributed by atoms with E-state index >= 15 is 0 Å². The average Bonchev–Trinajstić information content (AvgIpc) is 3.47. The normalized spacial score (nSPS) is 17.8. The molecule has 2 aliphatic heterocycles. The van der Waals surface area contributed by atoms with E-state index in [1.165, 1.54) is 35.4 Å². The first kappa shape index (κ1) is 25.5. The number of ether oxygens (including phenoxy) is 1. The van der Waals surface area contributed by atoms with Crippen molar-refractivity contribution in [2.24, 2.45) is 4.99 Å². The van der Waals surface area contributed by atoms with E-state index in [4.69, 9.17) is 16.3 Å². The number of nitrogens with zero attached hydrogens (tertiary/aromatic N) is 3. The molecule has 0 saturated carbocycles. The predicted molar refractivity (Wildman–Crippen MR) is 149 cm³/mol. The highest BCUT2D eigenvalue weighted by Crippen LogP contribution is 2.34. The predicted octanol–water partition coefficient (Wildman–Crippen LogP) is 4.75. The lowest BCUT2D eigenvalue weighted by molar-refractivity contribution is -0.143. The fourth-order valence-corrected chi connectivity index (χ4v) is 6.37. The molecule has 192 valence electrons. The molecule has 0 spiro atoms. The lowest BCUT2D eigenvalue weighted by Crippen LogP contribution is -2.40. The van der Waals surface area contributed by atoms with Crippen molar-refractivity contribution < 1.29 is 9.53 Å². The van der Waals surface area contributed by atoms with Crippen molar-refractivity contribution in [3.05, 3.63) is 95.1 Å². The molecule has 3 heterocycles. The highest BCUT2D eigenvalue weighted by molar-refractivity contribution is 7.07. The summed E-state index contributed by atoms with van der Waals surface area (Å²) in [7, 11) is 0. The number of aromatic nitrogens is 1. The Morgan fingerprint density at radius 2 is 1.89 bits per heavy atom. The highest BCUT2D eigenvalue weighted by atomic mass is 35.5. The lowest BCUT2D eigenvalue weighted by atomic mass is 9.96. The Morgan fingerprint density at radius 3 is 2.57 bits per heavy atom. The number of anilines is 1. The van der Waals surface area contributed by atoms with Gasteiger partial charge >= 0.3 is 5.97 Å². The fraction of sp³-hybridized carbons (Fsp3) is 0.345. The SMILES string of the molecule is CC1=C(C(=O)OC(C)C)C(c2ccccc2Cl)n2c(sc(=Cc3ccc(N4CCCC4)c(C)c3)c2=O)=N1. The Labute approximate surface area is 225 Å². The Bertz CT molecular complexity index is 1580. The van der Waals surface area contributed by atoms with E-state index in [1.807, 2.05) is 24.3 Å². The topological polar surface area (TPSA) is 63.9 Å². The molecule has 1 atom stereocenters. The third-order valence-corrected chi connectivity index (χ3v) is 8.08. The minimum atomic E-state index is -0.724. The number of allylic oxidation sites excluding steroid dienone is 1. The summed E-state index contributed by atoms with van der Waals surface area (Å²) >= 11 is 7.91. The zero-order chi connectivity index (χ0) is 26.3. The minimum absolute atomic E-state index is 0.211. The number of aryl methyl sites for hydroxylation is 1. The van der Waals surface area contributed by atoms with Gasteiger partial charge in [0.05, 0.1) is 21.9 Å². The molecule has 0 radical (unpaired) electrons. The van der Waals surface area contributed by atoms with Crippen molar-refractivity contribution in [2.75, 3.05) is 18.0 Å². The lowest BCUT2D eigenvalue weighted by Gasteiger charge is -2.26. The maximum Gasteiger partial charge on any atom is 0.338 e. The van der Waals surface area contributed by atoms with Crippen molar-refractivity contribution in [2.45, 2.75) is 52.7 Å². The van der Waals surface area contributed by atoms with E-state index in [-0.39, 0.29) is 11.7 Å². The summed E-state index contributed by atoms with van der Waals surface area (Å²) in [5.41, 5.74) is 4.69. The molecule has 1 fully saturated rings. The number of esters is 1. The second kappa shape index (κ2) is 10.3. The third-order valence-electron chi connectivity index (χ3n) is 6.75. The largest absolute Gasteiger partial charge is 0.459 e. The number of hydrogen-bond donors (Lipinski definition) is 0. The number of carbonyl (C=O) groups is 1. The number of fused-ring (bicyclic) bond motifs is 1. The molecule has 1 saturated heterocycles. The van der Waals surface area contributed by atoms with Crippen LogP contribution in [0.15, 0.2) is 63.5 Å². The van der Waals surface area contributed by atoms with Crippen LogP contribution < -0.4 is 19.8 Å². The number of hydrogen-bond acceptors (Lipinski definition) is 6. The van der Waals surface area contributed by atoms with Crippen LogP contribution in [0.25, 0.3) is 6.08 Å². The molecule has 0 N–H and O–H groups in total. The Morgan fingerprint density at radius 1 is 1.16 bits per heavy atom. The van der Waals surface area contributed by atoms with Gasteiger partial charge in [0.25, 0.3) is 5.56 Å². The summed E-state index contributed by atoms with van der Waals surface area (Å²) in [5.74, 6) is -0.497. The van der Waals surface area contributed by atoms with Crippen LogP contribution in [0.4, 0.5) is 5.69 Å². The van der Waals surface area contributed by atoms with Crippen LogP contribution in [0.2, 0.25) is 5.02 Å². The molecule has 1 unspecified atom stereocenters. The molecule has 37 heavy (non-hydrogen) atoms. The summed E-state index contributed by atoms with van der Waals surface area (Å²) in [4.78, 5) is 34.6. The van der Waals surface area contributed by atoms with Crippen LogP contribution in [0.5, 0.6) is 0 Å². The molecular weight excluding hydrogens is 506 g/mol. The number of carbonyl (C=O) groups excluding carboxylic acids is 1. The number of thiazole rings is 1. The van der Waals surface area contributed by atoms with Gasteiger partial charge in [-0.15, -0.1) is 0 Å². The van der Waals surface area contributed by atoms with Gasteiger partial charge in [0.2, 0.25) is 0 Å². The standard InChI is InChI=1S/C29H30ClN3O3S/c1-17(2)36-28(35)25-19(4)31-29-33(26(25)21-9-5-6-10-22(21)30)27(34)24(37-29)16-20-11-12-23(18(3)15-20)32-13-7-8-14-32/h5-6,9-12,15-17,26H,7-8,13-14H2,1-4H3. The smallest absolute Gasteiger partial charge is 0.338 e. The van der Waals surface area contributed by atoms with Gasteiger partial charge in [-0.2, -0.15) is 0 Å². The molecule has 0 aliphatic carbocycles. The summed E-state index contributed by atoms with van der Waals surface area (Å²) in [5, 5.41) is 0.472. The van der Waals surface area contributed by atoms with Crippen molar-refractivity contribution >= 4 is 40.7 Å². The van der Waals surface area contributed by atoms with Gasteiger partial charge in [-0.25, -0.2) is 9.79 Å². The van der Waals surface area contributed by atoms with Crippen molar-refractivity contribution in [3.8, 4) is 0 Å². The maximum absolute atomic E-state index is 13.8. The van der Waals surface area contributed by atoms with Gasteiger partial charge < -0.3 is 9.64 Å². The molecule has 0 amide bonds. The highest BCUT2D eigenvalue weighted by Gasteiger charge is 2.34. The Balaban J connectivity index is 1.64. The van der Waals surface area contributed by atoms with Gasteiger partial charge in [0.1, 0.15) is 6.04 Å². The molecular formula is C29H30ClN3O3S. The molecule has 8 heteroatoms. The zero-order valence-electron chi connectivity index (χ0n) is 21.5. The van der Waals surface area contributed by atoms with E-state index in [9.17, 15) is 9.59 Å². The van der Waals surface area contributed by atoms with E-state index in [2.05, 4.69) is 35.0 Å². The number of rotatable bonds is 5. The summed E-state index contributed by atoms with van der Waals surface area (Å²) < 4.78 is 7.68. The third kappa shape index (κ3) is 4.90. The molecule has 3 aromatic rings. The van der Waals surface area contributed by atoms with Gasteiger partial charge in [-0.05, 0) is 81.5 Å². The molecule has 2 aromatic carbocycles. The zero-order valence-corrected chi connectivity index (χ0v) is 23.0. The molecule has 2 aliphatic rings. The second-order valence-corrected chi connectivity index (χ2v) is 11.2. The minimum Gasteiger partial charge on any atom is -0.459 e. The summed E-state index contributed by atoms with van der Waals surface area (Å²) in [6.45, 7) is 9.65. The monoisotopic (exact) mass is 535 g/mol. The quantitative estimate of drug-likeness (QED) is 0.442. The van der Waals surface area contributed by atoms with Gasteiger partial charge in [0.15, 0.2) is 4.80 Å². The van der Waals surface area contributed by atoms with E-state index in [1.54, 1.807) is 31.4 Å². The van der Waals surface area contributed by atoms with Gasteiger partial charge in [-0.3, -0.25) is 9.36 Å². The first-order valence-corrected chi connectivity index (χ1v) is 13.8. The second-order valence-electron chi connectivity index (χ2n) is 9.80. The fourth-order valence-electron chi connectivity index (χ4n) is 5.08. The van der Waals surface area contributed by atoms with Crippen LogP contribution in [0.1, 0.15) is 56.3 Å².